The van der Waals surface area contributed by atoms with Crippen LogP contribution < -0.4 is 9.47 Å². The number of aliphatic hydroxyl groups is 1. The van der Waals surface area contributed by atoms with Crippen molar-refractivity contribution in [2.24, 2.45) is 0 Å². The van der Waals surface area contributed by atoms with Gasteiger partial charge in [-0.2, -0.15) is 0 Å². The van der Waals surface area contributed by atoms with Crippen LogP contribution in [0.3, 0.4) is 0 Å². The molecule has 0 amide bonds. The summed E-state index contributed by atoms with van der Waals surface area (Å²) in [7, 11) is 2.85. The molecule has 122 valence electrons. The number of aliphatic hydroxyl groups excluding tert-OH is 1. The lowest BCUT2D eigenvalue weighted by molar-refractivity contribution is -0.171. The minimum absolute atomic E-state index is 0.293. The molecule has 1 aliphatic rings. The molecule has 0 bridgehead atoms. The lowest BCUT2D eigenvalue weighted by atomic mass is 9.88. The van der Waals surface area contributed by atoms with Gasteiger partial charge < -0.3 is 19.3 Å². The van der Waals surface area contributed by atoms with Crippen molar-refractivity contribution in [2.75, 3.05) is 20.1 Å². The second kappa shape index (κ2) is 7.20. The van der Waals surface area contributed by atoms with E-state index in [9.17, 15) is 9.90 Å². The average molecular weight is 329 g/mol. The van der Waals surface area contributed by atoms with Crippen LogP contribution in [-0.2, 0) is 16.0 Å². The molecule has 1 aliphatic heterocycles. The molecule has 0 aromatic heterocycles. The number of hydrogen-bond acceptors (Lipinski definition) is 5. The zero-order valence-electron chi connectivity index (χ0n) is 12.8. The van der Waals surface area contributed by atoms with Crippen LogP contribution in [-0.4, -0.2) is 42.9 Å². The summed E-state index contributed by atoms with van der Waals surface area (Å²) in [4.78, 5) is 12.3. The van der Waals surface area contributed by atoms with E-state index < -0.39 is 17.7 Å². The molecule has 1 heterocycles. The minimum atomic E-state index is -1.43. The third kappa shape index (κ3) is 3.15. The summed E-state index contributed by atoms with van der Waals surface area (Å²) in [6, 6.07) is 5.44. The Kier molecular flexibility index (Phi) is 5.53. The summed E-state index contributed by atoms with van der Waals surface area (Å²) in [5.41, 5.74) is -0.502. The maximum absolute atomic E-state index is 12.3. The van der Waals surface area contributed by atoms with E-state index in [2.05, 4.69) is 0 Å². The number of esters is 1. The quantitative estimate of drug-likeness (QED) is 0.663. The second-order valence-corrected chi connectivity index (χ2v) is 5.68. The third-order valence-corrected chi connectivity index (χ3v) is 4.27. The highest BCUT2D eigenvalue weighted by Gasteiger charge is 2.49. The Morgan fingerprint density at radius 3 is 2.91 bits per heavy atom. The maximum Gasteiger partial charge on any atom is 0.352 e. The summed E-state index contributed by atoms with van der Waals surface area (Å²) < 4.78 is 16.1. The summed E-state index contributed by atoms with van der Waals surface area (Å²) >= 11 is 5.76. The first-order chi connectivity index (χ1) is 10.6. The van der Waals surface area contributed by atoms with Gasteiger partial charge in [0.15, 0.2) is 0 Å². The van der Waals surface area contributed by atoms with Crippen LogP contribution in [0.4, 0.5) is 0 Å². The zero-order chi connectivity index (χ0) is 16.2. The van der Waals surface area contributed by atoms with Gasteiger partial charge in [-0.15, -0.1) is 11.6 Å². The molecule has 0 spiro atoms. The van der Waals surface area contributed by atoms with E-state index in [1.165, 1.54) is 7.11 Å². The Morgan fingerprint density at radius 2 is 2.27 bits per heavy atom. The zero-order valence-corrected chi connectivity index (χ0v) is 13.6. The van der Waals surface area contributed by atoms with Crippen molar-refractivity contribution >= 4 is 17.6 Å². The summed E-state index contributed by atoms with van der Waals surface area (Å²) in [6.45, 7) is 0. The SMILES string of the molecule is COC(=O)[C@@]1(CCCCl)Oc2cc(OC)ccc2CC[C@@H]1O. The van der Waals surface area contributed by atoms with Gasteiger partial charge in [0.2, 0.25) is 5.60 Å². The van der Waals surface area contributed by atoms with Gasteiger partial charge in [0.05, 0.1) is 14.2 Å². The van der Waals surface area contributed by atoms with Crippen molar-refractivity contribution in [1.82, 2.24) is 0 Å². The standard InChI is InChI=1S/C16H21ClO5/c1-20-12-6-4-11-5-7-14(18)16(8-3-9-17,15(19)21-2)22-13(11)10-12/h4,6,10,14,18H,3,5,7-9H2,1-2H3/t14-,16-/m0/s1. The Balaban J connectivity index is 2.44. The Bertz CT molecular complexity index is 533. The number of methoxy groups -OCH3 is 2. The molecule has 6 heteroatoms. The number of halogens is 1. The normalized spacial score (nSPS) is 23.9. The first-order valence-corrected chi connectivity index (χ1v) is 7.79. The van der Waals surface area contributed by atoms with Crippen LogP contribution >= 0.6 is 11.6 Å². The van der Waals surface area contributed by atoms with E-state index in [-0.39, 0.29) is 0 Å². The smallest absolute Gasteiger partial charge is 0.352 e. The van der Waals surface area contributed by atoms with Gasteiger partial charge >= 0.3 is 5.97 Å². The molecule has 0 unspecified atom stereocenters. The fraction of sp³-hybridized carbons (Fsp3) is 0.562. The molecule has 5 nitrogen and oxygen atoms in total. The number of hydrogen-bond donors (Lipinski definition) is 1. The van der Waals surface area contributed by atoms with Crippen LogP contribution in [0.25, 0.3) is 0 Å². The predicted octanol–water partition coefficient (Wildman–Crippen LogP) is 2.31. The Morgan fingerprint density at radius 1 is 1.50 bits per heavy atom. The number of rotatable bonds is 5. The van der Waals surface area contributed by atoms with Crippen molar-refractivity contribution in [2.45, 2.75) is 37.4 Å². The molecule has 2 rings (SSSR count). The lowest BCUT2D eigenvalue weighted by Gasteiger charge is -2.34. The molecule has 1 N–H and O–H groups in total. The number of fused-ring (bicyclic) bond motifs is 1. The summed E-state index contributed by atoms with van der Waals surface area (Å²) in [6.07, 6.45) is 0.895. The average Bonchev–Trinajstić information content (AvgIpc) is 2.69. The van der Waals surface area contributed by atoms with Crippen molar-refractivity contribution in [3.05, 3.63) is 23.8 Å². The van der Waals surface area contributed by atoms with Crippen LogP contribution in [0.5, 0.6) is 11.5 Å². The first-order valence-electron chi connectivity index (χ1n) is 7.25. The van der Waals surface area contributed by atoms with Gasteiger partial charge in [0.25, 0.3) is 0 Å². The molecule has 0 aliphatic carbocycles. The lowest BCUT2D eigenvalue weighted by Crippen LogP contribution is -2.54. The molecule has 0 fully saturated rings. The van der Waals surface area contributed by atoms with Gasteiger partial charge in [-0.25, -0.2) is 4.79 Å². The third-order valence-electron chi connectivity index (χ3n) is 4.00. The second-order valence-electron chi connectivity index (χ2n) is 5.30. The van der Waals surface area contributed by atoms with Crippen LogP contribution in [0.15, 0.2) is 18.2 Å². The van der Waals surface area contributed by atoms with Crippen molar-refractivity contribution < 1.29 is 24.1 Å². The minimum Gasteiger partial charge on any atom is -0.497 e. The molecule has 22 heavy (non-hydrogen) atoms. The monoisotopic (exact) mass is 328 g/mol. The number of ether oxygens (including phenoxy) is 3. The number of alkyl halides is 1. The van der Waals surface area contributed by atoms with Gasteiger partial charge in [0, 0.05) is 18.4 Å². The van der Waals surface area contributed by atoms with Crippen molar-refractivity contribution in [3.63, 3.8) is 0 Å². The van der Waals surface area contributed by atoms with Gasteiger partial charge in [-0.1, -0.05) is 6.07 Å². The topological polar surface area (TPSA) is 65.0 Å². The van der Waals surface area contributed by atoms with Crippen LogP contribution in [0.1, 0.15) is 24.8 Å². The van der Waals surface area contributed by atoms with Crippen molar-refractivity contribution in [1.29, 1.82) is 0 Å². The van der Waals surface area contributed by atoms with Gasteiger partial charge in [-0.3, -0.25) is 0 Å². The molecule has 0 saturated carbocycles. The molecule has 1 aromatic carbocycles. The van der Waals surface area contributed by atoms with E-state index in [0.29, 0.717) is 43.1 Å². The van der Waals surface area contributed by atoms with Crippen LogP contribution in [0, 0.1) is 0 Å². The van der Waals surface area contributed by atoms with E-state index in [1.807, 2.05) is 12.1 Å². The van der Waals surface area contributed by atoms with Crippen LogP contribution in [0.2, 0.25) is 0 Å². The first kappa shape index (κ1) is 16.9. The predicted molar refractivity (Wildman–Crippen MR) is 82.7 cm³/mol. The number of aryl methyl sites for hydroxylation is 1. The molecular weight excluding hydrogens is 308 g/mol. The Labute approximate surface area is 135 Å². The van der Waals surface area contributed by atoms with E-state index in [4.69, 9.17) is 25.8 Å². The number of benzene rings is 1. The Hall–Kier alpha value is -1.46. The van der Waals surface area contributed by atoms with E-state index >= 15 is 0 Å². The van der Waals surface area contributed by atoms with E-state index in [0.717, 1.165) is 5.56 Å². The maximum atomic E-state index is 12.3. The highest BCUT2D eigenvalue weighted by molar-refractivity contribution is 6.17. The van der Waals surface area contributed by atoms with Gasteiger partial charge in [-0.05, 0) is 30.9 Å². The highest BCUT2D eigenvalue weighted by Crippen LogP contribution is 2.37. The number of carbonyl (C=O) groups is 1. The molecular formula is C16H21ClO5. The highest BCUT2D eigenvalue weighted by atomic mass is 35.5. The molecule has 0 radical (unpaired) electrons. The number of carbonyl (C=O) groups excluding carboxylic acids is 1. The fourth-order valence-corrected chi connectivity index (χ4v) is 2.89. The summed E-state index contributed by atoms with van der Waals surface area (Å²) in [5, 5.41) is 10.5. The van der Waals surface area contributed by atoms with Crippen molar-refractivity contribution in [3.8, 4) is 11.5 Å². The largest absolute Gasteiger partial charge is 0.497 e. The molecule has 0 saturated heterocycles. The molecule has 2 atom stereocenters. The fourth-order valence-electron chi connectivity index (χ4n) is 2.75. The summed E-state index contributed by atoms with van der Waals surface area (Å²) in [5.74, 6) is 0.961. The van der Waals surface area contributed by atoms with E-state index in [1.54, 1.807) is 13.2 Å². The van der Waals surface area contributed by atoms with Gasteiger partial charge in [0.1, 0.15) is 17.6 Å². The molecule has 1 aromatic rings.